The number of allylic oxidation sites excluding steroid dienone is 2. The van der Waals surface area contributed by atoms with E-state index in [-0.39, 0.29) is 45.5 Å². The van der Waals surface area contributed by atoms with E-state index >= 15 is 0 Å². The van der Waals surface area contributed by atoms with Gasteiger partial charge in [0.05, 0.1) is 11.1 Å². The van der Waals surface area contributed by atoms with Crippen molar-refractivity contribution in [2.24, 2.45) is 0 Å². The number of rotatable bonds is 6. The van der Waals surface area contributed by atoms with Crippen LogP contribution in [0.25, 0.3) is 0 Å². The van der Waals surface area contributed by atoms with Gasteiger partial charge in [0.1, 0.15) is 12.2 Å². The van der Waals surface area contributed by atoms with Crippen molar-refractivity contribution in [1.29, 1.82) is 0 Å². The first-order chi connectivity index (χ1) is 17.5. The normalized spacial score (nSPS) is 23.1. The molecule has 3 rings (SSSR count). The quantitative estimate of drug-likeness (QED) is 0.370. The Morgan fingerprint density at radius 2 is 0.947 bits per heavy atom. The van der Waals surface area contributed by atoms with Crippen LogP contribution >= 0.6 is 0 Å². The first-order valence-electron chi connectivity index (χ1n) is 13.9. The summed E-state index contributed by atoms with van der Waals surface area (Å²) in [5.74, 6) is -0.950. The Bertz CT molecular complexity index is 962. The summed E-state index contributed by atoms with van der Waals surface area (Å²) in [5, 5.41) is 0. The van der Waals surface area contributed by atoms with Gasteiger partial charge < -0.3 is 19.3 Å². The molecule has 210 valence electrons. The smallest absolute Gasteiger partial charge is 0.339 e. The van der Waals surface area contributed by atoms with Crippen LogP contribution in [0.1, 0.15) is 116 Å². The van der Waals surface area contributed by atoms with Crippen molar-refractivity contribution in [3.05, 3.63) is 59.9 Å². The van der Waals surface area contributed by atoms with Crippen molar-refractivity contribution in [3.63, 3.8) is 0 Å². The van der Waals surface area contributed by atoms with Crippen molar-refractivity contribution in [2.45, 2.75) is 129 Å². The van der Waals surface area contributed by atoms with Gasteiger partial charge >= 0.3 is 11.9 Å². The largest absolute Gasteiger partial charge is 0.459 e. The molecule has 0 unspecified atom stereocenters. The fourth-order valence-electron chi connectivity index (χ4n) is 6.95. The molecule has 2 saturated heterocycles. The van der Waals surface area contributed by atoms with E-state index in [1.807, 2.05) is 26.0 Å². The van der Waals surface area contributed by atoms with Crippen LogP contribution in [-0.2, 0) is 9.47 Å². The van der Waals surface area contributed by atoms with Crippen molar-refractivity contribution in [1.82, 2.24) is 9.80 Å². The fourth-order valence-corrected chi connectivity index (χ4v) is 6.95. The van der Waals surface area contributed by atoms with Crippen molar-refractivity contribution >= 4 is 11.9 Å². The van der Waals surface area contributed by atoms with Crippen LogP contribution in [0.5, 0.6) is 0 Å². The number of carbonyl (C=O) groups is 2. The Hall–Kier alpha value is -2.76. The number of hydrogen-bond acceptors (Lipinski definition) is 6. The molecule has 0 aromatic heterocycles. The predicted octanol–water partition coefficient (Wildman–Crippen LogP) is 7.11. The van der Waals surface area contributed by atoms with Gasteiger partial charge in [0, 0.05) is 47.8 Å². The fraction of sp³-hybridized carbons (Fsp3) is 0.625. The second kappa shape index (κ2) is 10.8. The summed E-state index contributed by atoms with van der Waals surface area (Å²) in [4.78, 5) is 31.5. The molecule has 6 heteroatoms. The van der Waals surface area contributed by atoms with E-state index in [4.69, 9.17) is 9.47 Å². The Kier molecular flexibility index (Phi) is 8.45. The molecule has 0 amide bonds. The molecule has 38 heavy (non-hydrogen) atoms. The number of hydrogen-bond donors (Lipinski definition) is 0. The lowest BCUT2D eigenvalue weighted by molar-refractivity contribution is -0.0641. The van der Waals surface area contributed by atoms with Crippen molar-refractivity contribution in [2.75, 3.05) is 0 Å². The molecule has 0 spiro atoms. The number of nitrogens with zero attached hydrogens (tertiary/aromatic N) is 2. The summed E-state index contributed by atoms with van der Waals surface area (Å²) in [7, 11) is 0. The van der Waals surface area contributed by atoms with Crippen LogP contribution in [-0.4, -0.2) is 56.1 Å². The minimum Gasteiger partial charge on any atom is -0.459 e. The molecule has 0 bridgehead atoms. The third-order valence-corrected chi connectivity index (χ3v) is 8.03. The van der Waals surface area contributed by atoms with E-state index in [1.54, 1.807) is 24.3 Å². The molecule has 2 fully saturated rings. The van der Waals surface area contributed by atoms with Gasteiger partial charge in [-0.3, -0.25) is 0 Å². The average molecular weight is 525 g/mol. The van der Waals surface area contributed by atoms with E-state index in [0.717, 1.165) is 0 Å². The number of benzene rings is 1. The highest BCUT2D eigenvalue weighted by molar-refractivity contribution is 6.03. The molecular weight excluding hydrogens is 476 g/mol. The summed E-state index contributed by atoms with van der Waals surface area (Å²) in [6.07, 6.45) is 10.6. The van der Waals surface area contributed by atoms with Crippen LogP contribution in [0.15, 0.2) is 48.8 Å². The van der Waals surface area contributed by atoms with Crippen LogP contribution in [0.4, 0.5) is 0 Å². The summed E-state index contributed by atoms with van der Waals surface area (Å²) in [6.45, 7) is 21.4. The molecule has 1 aromatic rings. The zero-order valence-corrected chi connectivity index (χ0v) is 25.1. The molecule has 1 aromatic carbocycles. The number of piperidine rings is 2. The zero-order valence-electron chi connectivity index (χ0n) is 25.1. The predicted molar refractivity (Wildman–Crippen MR) is 153 cm³/mol. The second-order valence-corrected chi connectivity index (χ2v) is 13.4. The van der Waals surface area contributed by atoms with Crippen molar-refractivity contribution in [3.8, 4) is 0 Å². The van der Waals surface area contributed by atoms with E-state index in [9.17, 15) is 9.59 Å². The SMILES string of the molecule is CC=CN1C(C)(C)CC(OC(=O)c2ccccc2C(=O)OC2CC(C)(C)N(C=CC)C(C)(C)C2)CC1(C)C. The van der Waals surface area contributed by atoms with Crippen LogP contribution < -0.4 is 0 Å². The third kappa shape index (κ3) is 6.27. The van der Waals surface area contributed by atoms with Crippen LogP contribution in [0.3, 0.4) is 0 Å². The minimum atomic E-state index is -0.475. The Labute approximate surface area is 230 Å². The number of esters is 2. The Balaban J connectivity index is 1.77. The van der Waals surface area contributed by atoms with E-state index < -0.39 is 11.9 Å². The van der Waals surface area contributed by atoms with E-state index in [1.165, 1.54) is 0 Å². The second-order valence-electron chi connectivity index (χ2n) is 13.4. The summed E-state index contributed by atoms with van der Waals surface area (Å²) < 4.78 is 12.1. The molecule has 2 heterocycles. The molecule has 0 saturated carbocycles. The summed E-state index contributed by atoms with van der Waals surface area (Å²) >= 11 is 0. The van der Waals surface area contributed by atoms with Gasteiger partial charge in [-0.15, -0.1) is 0 Å². The molecule has 0 atom stereocenters. The highest BCUT2D eigenvalue weighted by atomic mass is 16.6. The Morgan fingerprint density at radius 1 is 0.658 bits per heavy atom. The van der Waals surface area contributed by atoms with E-state index in [2.05, 4.69) is 77.6 Å². The van der Waals surface area contributed by atoms with Gasteiger partial charge in [0.2, 0.25) is 0 Å². The first kappa shape index (κ1) is 29.8. The maximum Gasteiger partial charge on any atom is 0.339 e. The van der Waals surface area contributed by atoms with Gasteiger partial charge in [0.25, 0.3) is 0 Å². The molecule has 6 nitrogen and oxygen atoms in total. The minimum absolute atomic E-state index is 0.181. The first-order valence-corrected chi connectivity index (χ1v) is 13.9. The monoisotopic (exact) mass is 524 g/mol. The topological polar surface area (TPSA) is 59.1 Å². The third-order valence-electron chi connectivity index (χ3n) is 8.03. The van der Waals surface area contributed by atoms with Crippen molar-refractivity contribution < 1.29 is 19.1 Å². The molecule has 0 aliphatic carbocycles. The van der Waals surface area contributed by atoms with Gasteiger partial charge in [-0.2, -0.15) is 0 Å². The highest BCUT2D eigenvalue weighted by Crippen LogP contribution is 2.41. The molecular formula is C32H48N2O4. The zero-order chi connectivity index (χ0) is 28.5. The number of ether oxygens (including phenoxy) is 2. The number of likely N-dealkylation sites (tertiary alicyclic amines) is 2. The Morgan fingerprint density at radius 3 is 1.21 bits per heavy atom. The van der Waals surface area contributed by atoms with Crippen LogP contribution in [0.2, 0.25) is 0 Å². The maximum atomic E-state index is 13.4. The standard InChI is InChI=1S/C32H48N2O4/c1-11-17-33-29(3,4)19-23(20-30(33,5)6)37-27(35)25-15-13-14-16-26(25)28(36)38-24-21-31(7,8)34(18-12-2)32(9,10)22-24/h11-18,23-24H,19-22H2,1-10H3. The summed E-state index contributed by atoms with van der Waals surface area (Å²) in [6, 6.07) is 6.84. The molecule has 2 aliphatic heterocycles. The van der Waals surface area contributed by atoms with Gasteiger partial charge in [-0.05, 0) is 93.8 Å². The summed E-state index contributed by atoms with van der Waals surface area (Å²) in [5.41, 5.74) is -0.209. The van der Waals surface area contributed by atoms with Crippen LogP contribution in [0, 0.1) is 0 Å². The lowest BCUT2D eigenvalue weighted by Crippen LogP contribution is -2.60. The number of carbonyl (C=O) groups excluding carboxylic acids is 2. The maximum absolute atomic E-state index is 13.4. The molecule has 0 N–H and O–H groups in total. The highest BCUT2D eigenvalue weighted by Gasteiger charge is 2.46. The van der Waals surface area contributed by atoms with Gasteiger partial charge in [-0.25, -0.2) is 9.59 Å². The van der Waals surface area contributed by atoms with Gasteiger partial charge in [-0.1, -0.05) is 24.3 Å². The molecule has 0 radical (unpaired) electrons. The molecule has 2 aliphatic rings. The van der Waals surface area contributed by atoms with Gasteiger partial charge in [0.15, 0.2) is 0 Å². The van der Waals surface area contributed by atoms with E-state index in [0.29, 0.717) is 25.7 Å². The average Bonchev–Trinajstić information content (AvgIpc) is 2.77. The lowest BCUT2D eigenvalue weighted by atomic mass is 9.78. The lowest BCUT2D eigenvalue weighted by Gasteiger charge is -2.54.